The van der Waals surface area contributed by atoms with Gasteiger partial charge in [0, 0.05) is 23.8 Å². The van der Waals surface area contributed by atoms with Crippen molar-refractivity contribution in [1.29, 1.82) is 0 Å². The van der Waals surface area contributed by atoms with Crippen molar-refractivity contribution in [2.75, 3.05) is 28.8 Å². The molecule has 0 aliphatic carbocycles. The second kappa shape index (κ2) is 10.7. The molecule has 0 saturated carbocycles. The van der Waals surface area contributed by atoms with E-state index in [2.05, 4.69) is 22.3 Å². The van der Waals surface area contributed by atoms with E-state index in [1.165, 1.54) is 42.8 Å². The minimum atomic E-state index is -3.99. The molecule has 8 heteroatoms. The third kappa shape index (κ3) is 5.97. The number of rotatable bonds is 8. The first-order valence-corrected chi connectivity index (χ1v) is 13.5. The lowest BCUT2D eigenvalue weighted by Crippen LogP contribution is -2.41. The Balaban J connectivity index is 1.51. The Morgan fingerprint density at radius 2 is 1.57 bits per heavy atom. The van der Waals surface area contributed by atoms with Gasteiger partial charge in [-0.1, -0.05) is 41.4 Å². The average molecular weight is 512 g/mol. The third-order valence-corrected chi connectivity index (χ3v) is 8.29. The van der Waals surface area contributed by atoms with Crippen molar-refractivity contribution < 1.29 is 13.2 Å². The molecule has 0 bridgehead atoms. The van der Waals surface area contributed by atoms with E-state index in [4.69, 9.17) is 11.6 Å². The molecule has 3 aromatic carbocycles. The molecule has 1 unspecified atom stereocenters. The number of halogens is 1. The number of aryl methyl sites for hydroxylation is 1. The van der Waals surface area contributed by atoms with Gasteiger partial charge < -0.3 is 10.2 Å². The summed E-state index contributed by atoms with van der Waals surface area (Å²) in [5.41, 5.74) is 3.56. The van der Waals surface area contributed by atoms with Gasteiger partial charge in [-0.3, -0.25) is 9.10 Å². The molecule has 1 atom stereocenters. The number of carbonyl (C=O) groups excluding carboxylic acids is 1. The van der Waals surface area contributed by atoms with E-state index in [0.29, 0.717) is 10.7 Å². The highest BCUT2D eigenvalue weighted by molar-refractivity contribution is 7.92. The molecule has 6 nitrogen and oxygen atoms in total. The summed E-state index contributed by atoms with van der Waals surface area (Å²) < 4.78 is 28.1. The number of carbonyl (C=O) groups is 1. The van der Waals surface area contributed by atoms with Gasteiger partial charge >= 0.3 is 0 Å². The smallest absolute Gasteiger partial charge is 0.264 e. The van der Waals surface area contributed by atoms with E-state index in [0.717, 1.165) is 28.5 Å². The van der Waals surface area contributed by atoms with E-state index in [9.17, 15) is 13.2 Å². The first kappa shape index (κ1) is 25.1. The van der Waals surface area contributed by atoms with Gasteiger partial charge in [0.2, 0.25) is 5.91 Å². The summed E-state index contributed by atoms with van der Waals surface area (Å²) in [5, 5.41) is 3.39. The highest BCUT2D eigenvalue weighted by atomic mass is 35.5. The number of hydrogen-bond acceptors (Lipinski definition) is 4. The molecule has 0 radical (unpaired) electrons. The van der Waals surface area contributed by atoms with Gasteiger partial charge in [0.05, 0.1) is 16.6 Å². The Morgan fingerprint density at radius 1 is 0.971 bits per heavy atom. The fraction of sp³-hybridized carbons (Fsp3) is 0.296. The summed E-state index contributed by atoms with van der Waals surface area (Å²) in [6.07, 6.45) is 2.43. The average Bonchev–Trinajstić information content (AvgIpc) is 3.39. The van der Waals surface area contributed by atoms with Gasteiger partial charge in [-0.25, -0.2) is 8.42 Å². The van der Waals surface area contributed by atoms with Crippen LogP contribution in [-0.4, -0.2) is 34.0 Å². The monoisotopic (exact) mass is 511 g/mol. The summed E-state index contributed by atoms with van der Waals surface area (Å²) in [4.78, 5) is 15.5. The lowest BCUT2D eigenvalue weighted by Gasteiger charge is -2.25. The summed E-state index contributed by atoms with van der Waals surface area (Å²) in [6, 6.07) is 20.9. The van der Waals surface area contributed by atoms with E-state index in [1.807, 2.05) is 38.1 Å². The van der Waals surface area contributed by atoms with Crippen molar-refractivity contribution in [3.8, 4) is 0 Å². The molecule has 1 heterocycles. The first-order chi connectivity index (χ1) is 16.7. The Kier molecular flexibility index (Phi) is 7.67. The van der Waals surface area contributed by atoms with Crippen molar-refractivity contribution in [3.05, 3.63) is 88.9 Å². The molecule has 1 aliphatic heterocycles. The van der Waals surface area contributed by atoms with Gasteiger partial charge in [0.1, 0.15) is 6.54 Å². The van der Waals surface area contributed by atoms with E-state index < -0.39 is 10.0 Å². The zero-order valence-corrected chi connectivity index (χ0v) is 21.5. The molecule has 1 saturated heterocycles. The van der Waals surface area contributed by atoms with Crippen LogP contribution in [0.2, 0.25) is 5.02 Å². The van der Waals surface area contributed by atoms with Gasteiger partial charge in [0.25, 0.3) is 10.0 Å². The van der Waals surface area contributed by atoms with Crippen LogP contribution in [-0.2, 0) is 14.8 Å². The number of anilines is 2. The van der Waals surface area contributed by atoms with Crippen LogP contribution in [0.1, 0.15) is 36.9 Å². The van der Waals surface area contributed by atoms with Gasteiger partial charge in [-0.05, 0) is 80.8 Å². The van der Waals surface area contributed by atoms with E-state index in [1.54, 1.807) is 12.1 Å². The maximum atomic E-state index is 13.5. The second-order valence-electron chi connectivity index (χ2n) is 8.88. The lowest BCUT2D eigenvalue weighted by molar-refractivity contribution is -0.120. The molecule has 184 valence electrons. The van der Waals surface area contributed by atoms with Gasteiger partial charge in [-0.2, -0.15) is 0 Å². The highest BCUT2D eigenvalue weighted by Gasteiger charge is 2.28. The van der Waals surface area contributed by atoms with Gasteiger partial charge in [-0.15, -0.1) is 0 Å². The Hall–Kier alpha value is -3.03. The molecular formula is C27H30ClN3O3S. The predicted molar refractivity (Wildman–Crippen MR) is 142 cm³/mol. The maximum absolute atomic E-state index is 13.5. The Bertz CT molecular complexity index is 1250. The number of nitrogens with one attached hydrogen (secondary N) is 1. The van der Waals surface area contributed by atoms with Crippen LogP contribution in [0.5, 0.6) is 0 Å². The van der Waals surface area contributed by atoms with Crippen LogP contribution >= 0.6 is 11.6 Å². The molecule has 0 aromatic heterocycles. The summed E-state index contributed by atoms with van der Waals surface area (Å²) in [7, 11) is -3.99. The summed E-state index contributed by atoms with van der Waals surface area (Å²) in [5.74, 6) is -0.390. The van der Waals surface area contributed by atoms with Crippen molar-refractivity contribution >= 4 is 38.9 Å². The Labute approximate surface area is 212 Å². The van der Waals surface area contributed by atoms with Crippen molar-refractivity contribution in [1.82, 2.24) is 5.32 Å². The fourth-order valence-corrected chi connectivity index (χ4v) is 5.76. The molecule has 1 fully saturated rings. The van der Waals surface area contributed by atoms with Crippen molar-refractivity contribution in [2.24, 2.45) is 0 Å². The maximum Gasteiger partial charge on any atom is 0.264 e. The summed E-state index contributed by atoms with van der Waals surface area (Å²) >= 11 is 5.95. The lowest BCUT2D eigenvalue weighted by atomic mass is 10.1. The van der Waals surface area contributed by atoms with Crippen LogP contribution in [0.3, 0.4) is 0 Å². The molecule has 35 heavy (non-hydrogen) atoms. The number of hydrogen-bond donors (Lipinski definition) is 1. The normalized spacial score (nSPS) is 14.5. The molecule has 1 aliphatic rings. The number of benzene rings is 3. The molecule has 0 spiro atoms. The molecule has 4 rings (SSSR count). The molecular weight excluding hydrogens is 482 g/mol. The topological polar surface area (TPSA) is 69.7 Å². The van der Waals surface area contributed by atoms with Crippen LogP contribution < -0.4 is 14.5 Å². The largest absolute Gasteiger partial charge is 0.372 e. The van der Waals surface area contributed by atoms with Crippen LogP contribution in [0.4, 0.5) is 11.4 Å². The minimum absolute atomic E-state index is 0.0702. The van der Waals surface area contributed by atoms with E-state index in [-0.39, 0.29) is 23.4 Å². The number of sulfonamides is 1. The van der Waals surface area contributed by atoms with Gasteiger partial charge in [0.15, 0.2) is 0 Å². The highest BCUT2D eigenvalue weighted by Crippen LogP contribution is 2.26. The van der Waals surface area contributed by atoms with Crippen LogP contribution in [0.25, 0.3) is 0 Å². The SMILES string of the molecule is Cc1ccc(N(CC(=O)NC(C)c2ccc(N3CCCC3)cc2)S(=O)(=O)c2ccc(Cl)cc2)cc1. The molecule has 1 N–H and O–H groups in total. The zero-order valence-electron chi connectivity index (χ0n) is 19.9. The first-order valence-electron chi connectivity index (χ1n) is 11.7. The molecule has 1 amide bonds. The predicted octanol–water partition coefficient (Wildman–Crippen LogP) is 5.32. The van der Waals surface area contributed by atoms with Crippen LogP contribution in [0.15, 0.2) is 77.7 Å². The van der Waals surface area contributed by atoms with Crippen molar-refractivity contribution in [2.45, 2.75) is 37.6 Å². The standard InChI is InChI=1S/C27H30ClN3O3S/c1-20-5-11-25(12-6-20)31(35(33,34)26-15-9-23(28)10-16-26)19-27(32)29-21(2)22-7-13-24(14-8-22)30-17-3-4-18-30/h5-16,21H,3-4,17-19H2,1-2H3,(H,29,32). The summed E-state index contributed by atoms with van der Waals surface area (Å²) in [6.45, 7) is 5.62. The quantitative estimate of drug-likeness (QED) is 0.444. The second-order valence-corrected chi connectivity index (χ2v) is 11.2. The van der Waals surface area contributed by atoms with Crippen molar-refractivity contribution in [3.63, 3.8) is 0 Å². The third-order valence-electron chi connectivity index (χ3n) is 6.25. The molecule has 3 aromatic rings. The van der Waals surface area contributed by atoms with Crippen LogP contribution in [0, 0.1) is 6.92 Å². The minimum Gasteiger partial charge on any atom is -0.372 e. The zero-order chi connectivity index (χ0) is 25.0. The van der Waals surface area contributed by atoms with E-state index >= 15 is 0 Å². The fourth-order valence-electron chi connectivity index (χ4n) is 4.21. The number of nitrogens with zero attached hydrogens (tertiary/aromatic N) is 2. The number of amides is 1. The Morgan fingerprint density at radius 3 is 2.17 bits per heavy atom.